The zero-order valence-electron chi connectivity index (χ0n) is 13.4. The Bertz CT molecular complexity index is 816. The van der Waals surface area contributed by atoms with Crippen LogP contribution in [0.1, 0.15) is 36.0 Å². The molecule has 6 rings (SSSR count). The topological polar surface area (TPSA) is 104 Å². The molecule has 0 aromatic carbocycles. The van der Waals surface area contributed by atoms with Gasteiger partial charge >= 0.3 is 0 Å². The molecule has 6 atom stereocenters. The van der Waals surface area contributed by atoms with E-state index in [9.17, 15) is 9.90 Å². The molecular weight excluding hydrogens is 304 g/mol. The van der Waals surface area contributed by atoms with Crippen LogP contribution in [0.5, 0.6) is 0 Å². The van der Waals surface area contributed by atoms with Gasteiger partial charge in [0.2, 0.25) is 0 Å². The Kier molecular flexibility index (Phi) is 2.95. The number of aliphatic hydroxyl groups is 1. The predicted octanol–water partition coefficient (Wildman–Crippen LogP) is 1.87. The molecule has 6 heteroatoms. The Morgan fingerprint density at radius 3 is 2.96 bits per heavy atom. The first-order valence-electron chi connectivity index (χ1n) is 8.82. The van der Waals surface area contributed by atoms with E-state index in [2.05, 4.69) is 15.3 Å². The van der Waals surface area contributed by atoms with Gasteiger partial charge in [-0.25, -0.2) is 4.98 Å². The van der Waals surface area contributed by atoms with E-state index in [0.29, 0.717) is 17.4 Å². The Morgan fingerprint density at radius 1 is 1.29 bits per heavy atom. The van der Waals surface area contributed by atoms with Crippen molar-refractivity contribution in [1.82, 2.24) is 9.97 Å². The van der Waals surface area contributed by atoms with Gasteiger partial charge in [0.1, 0.15) is 5.65 Å². The number of fused-ring (bicyclic) bond motifs is 1. The van der Waals surface area contributed by atoms with E-state index < -0.39 is 5.91 Å². The summed E-state index contributed by atoms with van der Waals surface area (Å²) in [6, 6.07) is 2.12. The number of primary amides is 1. The number of pyridine rings is 1. The first-order chi connectivity index (χ1) is 11.6. The third-order valence-electron chi connectivity index (χ3n) is 6.54. The van der Waals surface area contributed by atoms with Crippen molar-refractivity contribution in [2.45, 2.75) is 37.8 Å². The van der Waals surface area contributed by atoms with Crippen LogP contribution in [0.2, 0.25) is 0 Å². The summed E-state index contributed by atoms with van der Waals surface area (Å²) in [7, 11) is 0. The number of carbonyl (C=O) groups excluding carboxylic acids is 1. The number of nitrogens with one attached hydrogen (secondary N) is 2. The molecule has 4 saturated carbocycles. The second-order valence-electron chi connectivity index (χ2n) is 7.80. The number of aliphatic hydroxyl groups excluding tert-OH is 1. The molecule has 126 valence electrons. The summed E-state index contributed by atoms with van der Waals surface area (Å²) in [4.78, 5) is 19.2. The van der Waals surface area contributed by atoms with Crippen molar-refractivity contribution in [2.24, 2.45) is 29.4 Å². The van der Waals surface area contributed by atoms with Crippen molar-refractivity contribution in [2.75, 3.05) is 5.32 Å². The van der Waals surface area contributed by atoms with E-state index in [1.54, 1.807) is 0 Å². The molecule has 1 amide bonds. The number of hydrogen-bond donors (Lipinski definition) is 4. The van der Waals surface area contributed by atoms with Gasteiger partial charge in [-0.15, -0.1) is 0 Å². The van der Waals surface area contributed by atoms with Gasteiger partial charge < -0.3 is 21.1 Å². The summed E-state index contributed by atoms with van der Waals surface area (Å²) in [6.45, 7) is 0. The number of hydrogen-bond acceptors (Lipinski definition) is 4. The van der Waals surface area contributed by atoms with Crippen molar-refractivity contribution < 1.29 is 9.90 Å². The summed E-state index contributed by atoms with van der Waals surface area (Å²) < 4.78 is 0. The lowest BCUT2D eigenvalue weighted by atomic mass is 9.53. The Balaban J connectivity index is 1.56. The first-order valence-corrected chi connectivity index (χ1v) is 8.82. The van der Waals surface area contributed by atoms with E-state index in [1.807, 2.05) is 12.3 Å². The highest BCUT2D eigenvalue weighted by molar-refractivity contribution is 6.06. The molecule has 5 N–H and O–H groups in total. The Hall–Kier alpha value is -2.08. The predicted molar refractivity (Wildman–Crippen MR) is 90.5 cm³/mol. The van der Waals surface area contributed by atoms with Crippen LogP contribution in [0, 0.1) is 23.7 Å². The highest BCUT2D eigenvalue weighted by Gasteiger charge is 2.53. The van der Waals surface area contributed by atoms with Gasteiger partial charge in [0, 0.05) is 29.7 Å². The van der Waals surface area contributed by atoms with Gasteiger partial charge in [-0.1, -0.05) is 0 Å². The van der Waals surface area contributed by atoms with E-state index in [-0.39, 0.29) is 18.1 Å². The summed E-state index contributed by atoms with van der Waals surface area (Å²) in [5.74, 6) is 1.59. The Labute approximate surface area is 139 Å². The number of amides is 1. The van der Waals surface area contributed by atoms with Gasteiger partial charge in [-0.2, -0.15) is 0 Å². The maximum absolute atomic E-state index is 11.9. The molecule has 2 aromatic heterocycles. The number of nitrogens with two attached hydrogens (primary N) is 1. The number of aromatic amines is 1. The largest absolute Gasteiger partial charge is 0.392 e. The fourth-order valence-electron chi connectivity index (χ4n) is 5.62. The zero-order chi connectivity index (χ0) is 16.4. The van der Waals surface area contributed by atoms with Crippen LogP contribution in [-0.2, 0) is 0 Å². The fraction of sp³-hybridized carbons (Fsp3) is 0.556. The van der Waals surface area contributed by atoms with Crippen molar-refractivity contribution in [3.05, 3.63) is 24.0 Å². The van der Waals surface area contributed by atoms with Gasteiger partial charge in [-0.3, -0.25) is 4.79 Å². The molecule has 6 nitrogen and oxygen atoms in total. The fourth-order valence-corrected chi connectivity index (χ4v) is 5.62. The van der Waals surface area contributed by atoms with Crippen LogP contribution in [-0.4, -0.2) is 33.1 Å². The average molecular weight is 326 g/mol. The smallest absolute Gasteiger partial charge is 0.252 e. The van der Waals surface area contributed by atoms with Crippen molar-refractivity contribution in [3.63, 3.8) is 0 Å². The monoisotopic (exact) mass is 326 g/mol. The highest BCUT2D eigenvalue weighted by Crippen LogP contribution is 2.54. The minimum absolute atomic E-state index is 0.200. The molecule has 0 aliphatic heterocycles. The molecule has 0 radical (unpaired) electrons. The number of aromatic nitrogens is 2. The third-order valence-corrected chi connectivity index (χ3v) is 6.54. The normalized spacial score (nSPS) is 37.0. The molecule has 24 heavy (non-hydrogen) atoms. The lowest BCUT2D eigenvalue weighted by Gasteiger charge is -2.57. The molecule has 0 spiro atoms. The summed E-state index contributed by atoms with van der Waals surface area (Å²) >= 11 is 0. The molecule has 2 heterocycles. The van der Waals surface area contributed by atoms with E-state index >= 15 is 0 Å². The molecule has 0 saturated heterocycles. The lowest BCUT2D eigenvalue weighted by Crippen LogP contribution is -2.58. The van der Waals surface area contributed by atoms with Gasteiger partial charge in [-0.05, 0) is 49.5 Å². The number of H-pyrrole nitrogens is 1. The molecule has 4 bridgehead atoms. The molecule has 4 aliphatic carbocycles. The summed E-state index contributed by atoms with van der Waals surface area (Å²) in [6.07, 6.45) is 7.71. The number of nitrogens with zero attached hydrogens (tertiary/aromatic N) is 1. The van der Waals surface area contributed by atoms with E-state index in [1.165, 1.54) is 19.0 Å². The zero-order valence-corrected chi connectivity index (χ0v) is 13.4. The molecule has 4 fully saturated rings. The lowest BCUT2D eigenvalue weighted by molar-refractivity contribution is -0.0993. The van der Waals surface area contributed by atoms with Crippen LogP contribution >= 0.6 is 0 Å². The van der Waals surface area contributed by atoms with Gasteiger partial charge in [0.15, 0.2) is 0 Å². The van der Waals surface area contributed by atoms with Crippen LogP contribution in [0.4, 0.5) is 5.69 Å². The van der Waals surface area contributed by atoms with Crippen LogP contribution in [0.3, 0.4) is 0 Å². The maximum Gasteiger partial charge on any atom is 0.252 e. The van der Waals surface area contributed by atoms with Crippen molar-refractivity contribution in [1.29, 1.82) is 0 Å². The summed E-state index contributed by atoms with van der Waals surface area (Å²) in [5.41, 5.74) is 7.50. The van der Waals surface area contributed by atoms with Crippen molar-refractivity contribution in [3.8, 4) is 0 Å². The van der Waals surface area contributed by atoms with Crippen LogP contribution in [0.25, 0.3) is 11.0 Å². The highest BCUT2D eigenvalue weighted by atomic mass is 16.3. The average Bonchev–Trinajstić information content (AvgIpc) is 3.03. The summed E-state index contributed by atoms with van der Waals surface area (Å²) in [5, 5.41) is 15.2. The van der Waals surface area contributed by atoms with Crippen LogP contribution < -0.4 is 11.1 Å². The van der Waals surface area contributed by atoms with E-state index in [4.69, 9.17) is 5.73 Å². The van der Waals surface area contributed by atoms with E-state index in [0.717, 1.165) is 35.5 Å². The Morgan fingerprint density at radius 2 is 2.12 bits per heavy atom. The van der Waals surface area contributed by atoms with Crippen LogP contribution in [0.15, 0.2) is 18.5 Å². The molecule has 2 aromatic rings. The number of anilines is 1. The van der Waals surface area contributed by atoms with Gasteiger partial charge in [0.25, 0.3) is 5.91 Å². The molecular formula is C18H22N4O2. The SMILES string of the molecule is NC(=O)c1cnc2[nH]ccc2c1N[C@H]1[C@@H]2C[C@@H]3C[C@@H](C2)[C@@H](O)[C@@H]1C3. The molecule has 4 aliphatic rings. The number of rotatable bonds is 3. The van der Waals surface area contributed by atoms with Crippen molar-refractivity contribution >= 4 is 22.6 Å². The first kappa shape index (κ1) is 14.3. The minimum Gasteiger partial charge on any atom is -0.392 e. The molecule has 0 unspecified atom stereocenters. The third kappa shape index (κ3) is 1.92. The number of carbonyl (C=O) groups is 1. The second-order valence-corrected chi connectivity index (χ2v) is 7.80. The maximum atomic E-state index is 11.9. The minimum atomic E-state index is -0.475. The second kappa shape index (κ2) is 4.96. The standard InChI is InChI=1S/C18H22N4O2/c19-17(24)13-7-21-18-11(1-2-20-18)15(13)22-14-9-3-8-4-10(6-9)16(23)12(14)5-8/h1-2,7-10,12,14,16,23H,3-6H2,(H2,19,24)(H2,20,21,22)/t8-,9-,10+,12-,14+,16-/m1/s1. The van der Waals surface area contributed by atoms with Gasteiger partial charge in [0.05, 0.1) is 17.4 Å². The quantitative estimate of drug-likeness (QED) is 0.691.